The van der Waals surface area contributed by atoms with Crippen molar-refractivity contribution in [1.82, 2.24) is 0 Å². The highest BCUT2D eigenvalue weighted by Gasteiger charge is 2.56. The predicted molar refractivity (Wildman–Crippen MR) is 252 cm³/mol. The standard InChI is InChI=1S/C60H64/c1-53(2)39-25-17-18-26-40(39)54(3,4)47(53)35-33-37-49(51-57(9,10)43-29-21-22-30-44(43)58(51,11)12)38(34-36-48-55(5,6)41-27-19-20-28-42(41)56(48,7)8)50(37)52-59(13,14)45-31-23-24-32-46(45)60(52,15)16/h17-32H,1-16H3. The normalized spacial score (nSPS) is 23.2. The molecular weight excluding hydrogens is 721 g/mol. The molecule has 0 heteroatoms. The van der Waals surface area contributed by atoms with Crippen molar-refractivity contribution < 1.29 is 0 Å². The molecule has 0 amide bonds. The van der Waals surface area contributed by atoms with E-state index >= 15 is 0 Å². The maximum absolute atomic E-state index is 4.09. The summed E-state index contributed by atoms with van der Waals surface area (Å²) in [5, 5.41) is 0. The van der Waals surface area contributed by atoms with Gasteiger partial charge in [-0.1, -0.05) is 231 Å². The van der Waals surface area contributed by atoms with Crippen molar-refractivity contribution in [3.63, 3.8) is 0 Å². The van der Waals surface area contributed by atoms with Gasteiger partial charge in [0, 0.05) is 76.8 Å². The number of fused-ring (bicyclic) bond motifs is 4. The van der Waals surface area contributed by atoms with Crippen LogP contribution in [-0.2, 0) is 43.3 Å². The summed E-state index contributed by atoms with van der Waals surface area (Å²) in [4.78, 5) is 0. The SMILES string of the molecule is CC1(C)C(=C=C=C2C(=C3C(C)(C)c4ccccc4C3(C)C)C(=C=C=C3C(C)(C)c4ccccc4C3(C)C)C2=C2C(C)(C)c3ccccc3C2(C)C)C(C)(C)c2ccccc21. The van der Waals surface area contributed by atoms with Gasteiger partial charge < -0.3 is 0 Å². The zero-order valence-corrected chi connectivity index (χ0v) is 39.2. The Morgan fingerprint density at radius 1 is 0.250 bits per heavy atom. The average Bonchev–Trinajstić information content (AvgIpc) is 3.60. The van der Waals surface area contributed by atoms with E-state index in [1.165, 1.54) is 89.1 Å². The van der Waals surface area contributed by atoms with Gasteiger partial charge in [-0.05, 0) is 55.7 Å². The van der Waals surface area contributed by atoms with Crippen LogP contribution in [0.25, 0.3) is 0 Å². The van der Waals surface area contributed by atoms with E-state index in [-0.39, 0.29) is 43.3 Å². The molecule has 304 valence electrons. The smallest absolute Gasteiger partial charge is 0.0419 e. The second kappa shape index (κ2) is 12.3. The molecule has 0 aliphatic heterocycles. The fraction of sp³-hybridized carbons (Fsp3) is 0.400. The van der Waals surface area contributed by atoms with E-state index in [4.69, 9.17) is 0 Å². The van der Waals surface area contributed by atoms with Crippen molar-refractivity contribution in [2.75, 3.05) is 0 Å². The van der Waals surface area contributed by atoms with Crippen LogP contribution >= 0.6 is 0 Å². The van der Waals surface area contributed by atoms with Crippen molar-refractivity contribution in [3.05, 3.63) is 209 Å². The van der Waals surface area contributed by atoms with Crippen molar-refractivity contribution >= 4 is 0 Å². The molecule has 5 aliphatic carbocycles. The summed E-state index contributed by atoms with van der Waals surface area (Å²) in [7, 11) is 0. The Balaban J connectivity index is 1.50. The second-order valence-electron chi connectivity index (χ2n) is 22.7. The summed E-state index contributed by atoms with van der Waals surface area (Å²) >= 11 is 0. The summed E-state index contributed by atoms with van der Waals surface area (Å²) in [5.41, 5.74) is 35.9. The van der Waals surface area contributed by atoms with E-state index in [1.807, 2.05) is 0 Å². The maximum Gasteiger partial charge on any atom is 0.0419 e. The fourth-order valence-corrected chi connectivity index (χ4v) is 13.8. The molecule has 0 saturated heterocycles. The Morgan fingerprint density at radius 3 is 0.633 bits per heavy atom. The van der Waals surface area contributed by atoms with Crippen LogP contribution in [0.2, 0.25) is 0 Å². The van der Waals surface area contributed by atoms with Crippen molar-refractivity contribution in [1.29, 1.82) is 0 Å². The van der Waals surface area contributed by atoms with E-state index in [1.54, 1.807) is 0 Å². The lowest BCUT2D eigenvalue weighted by molar-refractivity contribution is 0.531. The first-order valence-corrected chi connectivity index (χ1v) is 22.3. The van der Waals surface area contributed by atoms with Gasteiger partial charge in [0.15, 0.2) is 0 Å². The van der Waals surface area contributed by atoms with E-state index in [0.717, 1.165) is 0 Å². The van der Waals surface area contributed by atoms with Crippen molar-refractivity contribution in [2.45, 2.75) is 154 Å². The average molecular weight is 785 g/mol. The quantitative estimate of drug-likeness (QED) is 0.156. The predicted octanol–water partition coefficient (Wildman–Crippen LogP) is 14.9. The van der Waals surface area contributed by atoms with Gasteiger partial charge in [-0.3, -0.25) is 0 Å². The highest BCUT2D eigenvalue weighted by molar-refractivity contribution is 5.86. The minimum absolute atomic E-state index is 0.195. The molecule has 9 rings (SSSR count). The van der Waals surface area contributed by atoms with Gasteiger partial charge in [-0.15, -0.1) is 0 Å². The van der Waals surface area contributed by atoms with Gasteiger partial charge in [0.25, 0.3) is 0 Å². The lowest BCUT2D eigenvalue weighted by Gasteiger charge is -2.42. The first-order chi connectivity index (χ1) is 27.9. The first-order valence-electron chi connectivity index (χ1n) is 22.3. The first kappa shape index (κ1) is 40.4. The Bertz CT molecular complexity index is 2520. The summed E-state index contributed by atoms with van der Waals surface area (Å²) in [6.07, 6.45) is 0. The van der Waals surface area contributed by atoms with Crippen LogP contribution in [0, 0.1) is 0 Å². The summed E-state index contributed by atoms with van der Waals surface area (Å²) < 4.78 is 0. The zero-order chi connectivity index (χ0) is 43.4. The Hall–Kier alpha value is -5.04. The maximum atomic E-state index is 4.09. The third-order valence-corrected chi connectivity index (χ3v) is 16.2. The zero-order valence-electron chi connectivity index (χ0n) is 39.2. The molecule has 0 radical (unpaired) electrons. The molecule has 0 unspecified atom stereocenters. The monoisotopic (exact) mass is 785 g/mol. The number of hydrogen-bond acceptors (Lipinski definition) is 0. The summed E-state index contributed by atoms with van der Waals surface area (Å²) in [6, 6.07) is 36.3. The molecule has 0 aromatic heterocycles. The van der Waals surface area contributed by atoms with Crippen LogP contribution in [0.5, 0.6) is 0 Å². The molecule has 60 heavy (non-hydrogen) atoms. The van der Waals surface area contributed by atoms with Gasteiger partial charge >= 0.3 is 0 Å². The molecular formula is C60H64. The van der Waals surface area contributed by atoms with Crippen LogP contribution < -0.4 is 0 Å². The molecule has 5 aliphatic rings. The lowest BCUT2D eigenvalue weighted by atomic mass is 9.59. The van der Waals surface area contributed by atoms with Gasteiger partial charge in [0.05, 0.1) is 0 Å². The largest absolute Gasteiger partial charge is 0.0686 e. The van der Waals surface area contributed by atoms with Gasteiger partial charge in [-0.25, -0.2) is 0 Å². The molecule has 0 atom stereocenters. The highest BCUT2D eigenvalue weighted by atomic mass is 14.6. The third-order valence-electron chi connectivity index (χ3n) is 16.2. The Morgan fingerprint density at radius 2 is 0.433 bits per heavy atom. The minimum atomic E-state index is -0.236. The topological polar surface area (TPSA) is 0 Å². The van der Waals surface area contributed by atoms with Crippen LogP contribution in [0.1, 0.15) is 155 Å². The molecule has 4 aromatic rings. The highest BCUT2D eigenvalue weighted by Crippen LogP contribution is 2.65. The third kappa shape index (κ3) is 5.01. The second-order valence-corrected chi connectivity index (χ2v) is 22.7. The Labute approximate surface area is 361 Å². The van der Waals surface area contributed by atoms with Crippen molar-refractivity contribution in [2.24, 2.45) is 0 Å². The van der Waals surface area contributed by atoms with E-state index in [0.29, 0.717) is 0 Å². The fourth-order valence-electron chi connectivity index (χ4n) is 13.8. The van der Waals surface area contributed by atoms with Crippen LogP contribution in [0.4, 0.5) is 0 Å². The van der Waals surface area contributed by atoms with Crippen LogP contribution in [0.15, 0.2) is 165 Å². The van der Waals surface area contributed by atoms with E-state index in [2.05, 4.69) is 231 Å². The van der Waals surface area contributed by atoms with Crippen molar-refractivity contribution in [3.8, 4) is 0 Å². The molecule has 0 nitrogen and oxygen atoms in total. The number of allylic oxidation sites excluding steroid dienone is 8. The van der Waals surface area contributed by atoms with Gasteiger partial charge in [-0.2, -0.15) is 0 Å². The molecule has 4 aromatic carbocycles. The molecule has 1 saturated carbocycles. The van der Waals surface area contributed by atoms with Crippen LogP contribution in [0.3, 0.4) is 0 Å². The van der Waals surface area contributed by atoms with E-state index in [9.17, 15) is 0 Å². The summed E-state index contributed by atoms with van der Waals surface area (Å²) in [6.45, 7) is 38.5. The molecule has 0 bridgehead atoms. The molecule has 0 heterocycles. The number of hydrogen-bond donors (Lipinski definition) is 0. The van der Waals surface area contributed by atoms with E-state index < -0.39 is 0 Å². The summed E-state index contributed by atoms with van der Waals surface area (Å²) in [5.74, 6) is 0. The van der Waals surface area contributed by atoms with Crippen LogP contribution in [-0.4, -0.2) is 0 Å². The van der Waals surface area contributed by atoms with Gasteiger partial charge in [0.2, 0.25) is 0 Å². The molecule has 0 spiro atoms. The Kier molecular flexibility index (Phi) is 8.27. The minimum Gasteiger partial charge on any atom is -0.0686 e. The number of benzene rings is 4. The number of rotatable bonds is 0. The molecule has 0 N–H and O–H groups in total. The lowest BCUT2D eigenvalue weighted by Crippen LogP contribution is -2.34. The van der Waals surface area contributed by atoms with Gasteiger partial charge in [0.1, 0.15) is 0 Å². The molecule has 1 fully saturated rings.